The Morgan fingerprint density at radius 3 is 3.19 bits per heavy atom. The fourth-order valence-corrected chi connectivity index (χ4v) is 1.42. The van der Waals surface area contributed by atoms with Crippen LogP contribution in [0.2, 0.25) is 0 Å². The van der Waals surface area contributed by atoms with E-state index in [-0.39, 0.29) is 12.1 Å². The van der Waals surface area contributed by atoms with Crippen LogP contribution in [0.1, 0.15) is 0 Å². The minimum absolute atomic E-state index is 0.175. The van der Waals surface area contributed by atoms with E-state index in [0.29, 0.717) is 17.6 Å². The van der Waals surface area contributed by atoms with Crippen LogP contribution < -0.4 is 5.56 Å². The van der Waals surface area contributed by atoms with Gasteiger partial charge >= 0.3 is 0 Å². The van der Waals surface area contributed by atoms with Gasteiger partial charge in [0.1, 0.15) is 5.39 Å². The molecule has 2 rings (SSSR count). The molecule has 2 heterocycles. The Labute approximate surface area is 89.8 Å². The first kappa shape index (κ1) is 10.2. The topological polar surface area (TPSA) is 101 Å². The summed E-state index contributed by atoms with van der Waals surface area (Å²) < 4.78 is 2.94. The van der Waals surface area contributed by atoms with E-state index in [0.717, 1.165) is 0 Å². The van der Waals surface area contributed by atoms with Gasteiger partial charge in [-0.05, 0) is 5.53 Å². The van der Waals surface area contributed by atoms with Gasteiger partial charge in [0.05, 0.1) is 12.5 Å². The fraction of sp³-hybridized carbons (Fsp3) is 0.375. The van der Waals surface area contributed by atoms with E-state index in [9.17, 15) is 4.79 Å². The molecule has 0 aliphatic carbocycles. The minimum Gasteiger partial charge on any atom is -0.298 e. The van der Waals surface area contributed by atoms with Crippen molar-refractivity contribution in [3.63, 3.8) is 0 Å². The third-order valence-corrected chi connectivity index (χ3v) is 2.22. The molecule has 0 saturated carbocycles. The number of azide groups is 1. The maximum Gasteiger partial charge on any atom is 0.264 e. The van der Waals surface area contributed by atoms with Crippen molar-refractivity contribution >= 4 is 11.0 Å². The molecule has 16 heavy (non-hydrogen) atoms. The molecule has 2 aromatic rings. The summed E-state index contributed by atoms with van der Waals surface area (Å²) >= 11 is 0. The van der Waals surface area contributed by atoms with Gasteiger partial charge in [-0.25, -0.2) is 4.98 Å². The number of hydrogen-bond acceptors (Lipinski definition) is 4. The van der Waals surface area contributed by atoms with Crippen molar-refractivity contribution in [2.24, 2.45) is 12.2 Å². The normalized spacial score (nSPS) is 10.3. The lowest BCUT2D eigenvalue weighted by molar-refractivity contribution is 0.669. The van der Waals surface area contributed by atoms with E-state index >= 15 is 0 Å². The van der Waals surface area contributed by atoms with Gasteiger partial charge in [-0.3, -0.25) is 14.0 Å². The molecule has 8 heteroatoms. The van der Waals surface area contributed by atoms with Gasteiger partial charge in [0.15, 0.2) is 5.65 Å². The highest BCUT2D eigenvalue weighted by molar-refractivity contribution is 5.72. The number of hydrogen-bond donors (Lipinski definition) is 0. The van der Waals surface area contributed by atoms with Crippen LogP contribution in [-0.4, -0.2) is 25.9 Å². The Kier molecular flexibility index (Phi) is 2.57. The van der Waals surface area contributed by atoms with Crippen LogP contribution >= 0.6 is 0 Å². The van der Waals surface area contributed by atoms with Gasteiger partial charge in [0.25, 0.3) is 5.56 Å². The summed E-state index contributed by atoms with van der Waals surface area (Å²) in [6.45, 7) is 0.546. The molecule has 0 bridgehead atoms. The summed E-state index contributed by atoms with van der Waals surface area (Å²) in [5.41, 5.74) is 8.50. The molecule has 0 aliphatic rings. The van der Waals surface area contributed by atoms with Crippen molar-refractivity contribution in [2.45, 2.75) is 6.54 Å². The number of rotatable bonds is 3. The summed E-state index contributed by atoms with van der Waals surface area (Å²) in [5, 5.41) is 7.78. The van der Waals surface area contributed by atoms with Crippen molar-refractivity contribution < 1.29 is 0 Å². The average molecular weight is 219 g/mol. The second-order valence-corrected chi connectivity index (χ2v) is 3.20. The fourth-order valence-electron chi connectivity index (χ4n) is 1.42. The molecule has 82 valence electrons. The molecule has 0 fully saturated rings. The van der Waals surface area contributed by atoms with Crippen LogP contribution in [0, 0.1) is 0 Å². The summed E-state index contributed by atoms with van der Waals surface area (Å²) in [5.74, 6) is 0. The molecule has 0 radical (unpaired) electrons. The predicted molar refractivity (Wildman–Crippen MR) is 56.8 cm³/mol. The Morgan fingerprint density at radius 2 is 2.44 bits per heavy atom. The third kappa shape index (κ3) is 1.61. The second-order valence-electron chi connectivity index (χ2n) is 3.20. The molecular formula is C8H9N7O. The maximum atomic E-state index is 11.9. The SMILES string of the molecule is Cn1ncc2c(=O)n(CCN=[N+]=[N-])cnc21. The third-order valence-electron chi connectivity index (χ3n) is 2.22. The highest BCUT2D eigenvalue weighted by Gasteiger charge is 2.06. The van der Waals surface area contributed by atoms with Crippen LogP contribution in [0.25, 0.3) is 21.5 Å². The van der Waals surface area contributed by atoms with E-state index in [1.165, 1.54) is 21.8 Å². The highest BCUT2D eigenvalue weighted by Crippen LogP contribution is 2.02. The van der Waals surface area contributed by atoms with Gasteiger partial charge in [0.2, 0.25) is 0 Å². The Morgan fingerprint density at radius 1 is 1.62 bits per heavy atom. The molecule has 0 aliphatic heterocycles. The molecular weight excluding hydrogens is 210 g/mol. The summed E-state index contributed by atoms with van der Waals surface area (Å²) in [6, 6.07) is 0. The Hall–Kier alpha value is -2.34. The molecule has 2 aromatic heterocycles. The molecule has 8 nitrogen and oxygen atoms in total. The average Bonchev–Trinajstić information content (AvgIpc) is 2.65. The Bertz CT molecular complexity index is 619. The minimum atomic E-state index is -0.175. The van der Waals surface area contributed by atoms with E-state index in [4.69, 9.17) is 5.53 Å². The molecule has 0 saturated heterocycles. The highest BCUT2D eigenvalue weighted by atomic mass is 16.1. The first-order valence-corrected chi connectivity index (χ1v) is 4.62. The standard InChI is InChI=1S/C8H9N7O/c1-14-7-6(4-12-14)8(16)15(5-10-7)3-2-11-13-9/h4-5H,2-3H2,1H3. The van der Waals surface area contributed by atoms with Crippen molar-refractivity contribution in [1.29, 1.82) is 0 Å². The van der Waals surface area contributed by atoms with Gasteiger partial charge in [-0.15, -0.1) is 0 Å². The molecule has 0 spiro atoms. The van der Waals surface area contributed by atoms with Gasteiger partial charge in [0, 0.05) is 25.0 Å². The monoisotopic (exact) mass is 219 g/mol. The van der Waals surface area contributed by atoms with Crippen LogP contribution in [-0.2, 0) is 13.6 Å². The van der Waals surface area contributed by atoms with Crippen LogP contribution in [0.3, 0.4) is 0 Å². The lowest BCUT2D eigenvalue weighted by atomic mass is 10.4. The van der Waals surface area contributed by atoms with E-state index in [1.54, 1.807) is 7.05 Å². The van der Waals surface area contributed by atoms with Crippen molar-refractivity contribution in [3.8, 4) is 0 Å². The van der Waals surface area contributed by atoms with Gasteiger partial charge in [-0.1, -0.05) is 5.11 Å². The van der Waals surface area contributed by atoms with Gasteiger partial charge in [-0.2, -0.15) is 5.10 Å². The smallest absolute Gasteiger partial charge is 0.264 e. The number of fused-ring (bicyclic) bond motifs is 1. The lowest BCUT2D eigenvalue weighted by Gasteiger charge is -2.01. The molecule has 0 atom stereocenters. The van der Waals surface area contributed by atoms with E-state index < -0.39 is 0 Å². The summed E-state index contributed by atoms with van der Waals surface area (Å²) in [6.07, 6.45) is 2.91. The number of aryl methyl sites for hydroxylation is 1. The predicted octanol–water partition coefficient (Wildman–Crippen LogP) is 0.440. The molecule has 0 amide bonds. The van der Waals surface area contributed by atoms with Gasteiger partial charge < -0.3 is 0 Å². The largest absolute Gasteiger partial charge is 0.298 e. The lowest BCUT2D eigenvalue weighted by Crippen LogP contribution is -2.21. The number of nitrogens with zero attached hydrogens (tertiary/aromatic N) is 7. The number of aromatic nitrogens is 4. The van der Waals surface area contributed by atoms with Crippen molar-refractivity contribution in [3.05, 3.63) is 33.3 Å². The summed E-state index contributed by atoms with van der Waals surface area (Å²) in [4.78, 5) is 18.6. The molecule has 0 N–H and O–H groups in total. The zero-order valence-corrected chi connectivity index (χ0v) is 8.61. The maximum absolute atomic E-state index is 11.9. The van der Waals surface area contributed by atoms with Crippen molar-refractivity contribution in [1.82, 2.24) is 19.3 Å². The quantitative estimate of drug-likeness (QED) is 0.425. The van der Waals surface area contributed by atoms with Crippen LogP contribution in [0.5, 0.6) is 0 Å². The first-order valence-electron chi connectivity index (χ1n) is 4.62. The zero-order chi connectivity index (χ0) is 11.5. The second kappa shape index (κ2) is 4.03. The van der Waals surface area contributed by atoms with E-state index in [1.807, 2.05) is 0 Å². The Balaban J connectivity index is 2.44. The molecule has 0 unspecified atom stereocenters. The van der Waals surface area contributed by atoms with Crippen LogP contribution in [0.15, 0.2) is 22.4 Å². The van der Waals surface area contributed by atoms with Crippen LogP contribution in [0.4, 0.5) is 0 Å². The van der Waals surface area contributed by atoms with Crippen molar-refractivity contribution in [2.75, 3.05) is 6.54 Å². The summed E-state index contributed by atoms with van der Waals surface area (Å²) in [7, 11) is 1.72. The zero-order valence-electron chi connectivity index (χ0n) is 8.61. The van der Waals surface area contributed by atoms with E-state index in [2.05, 4.69) is 20.1 Å². The molecule has 0 aromatic carbocycles. The first-order chi connectivity index (χ1) is 7.74.